The van der Waals surface area contributed by atoms with Crippen molar-refractivity contribution < 1.29 is 80.2 Å². The number of aromatic hydroxyl groups is 2. The minimum Gasteiger partial charge on any atom is -0.505 e. The summed E-state index contributed by atoms with van der Waals surface area (Å²) in [6.07, 6.45) is 0. The van der Waals surface area contributed by atoms with Gasteiger partial charge in [0.1, 0.15) is 42.3 Å². The van der Waals surface area contributed by atoms with Crippen LogP contribution in [0.1, 0.15) is 0 Å². The molecule has 0 atom stereocenters. The zero-order chi connectivity index (χ0) is 39.4. The van der Waals surface area contributed by atoms with E-state index in [2.05, 4.69) is 32.4 Å². The van der Waals surface area contributed by atoms with Gasteiger partial charge in [-0.25, -0.2) is 0 Å². The molecule has 4 aromatic rings. The van der Waals surface area contributed by atoms with E-state index in [4.69, 9.17) is 0 Å². The number of benzene rings is 4. The Bertz CT molecular complexity index is 2840. The van der Waals surface area contributed by atoms with Crippen molar-refractivity contribution in [3.05, 3.63) is 61.0 Å². The van der Waals surface area contributed by atoms with E-state index in [1.165, 1.54) is 0 Å². The highest BCUT2D eigenvalue weighted by Crippen LogP contribution is 2.50. The molecule has 0 heterocycles. The molecular weight excluding hydrogens is 807 g/mol. The summed E-state index contributed by atoms with van der Waals surface area (Å²) in [5.74, 6) is -3.56. The number of phenols is 2. The Balaban J connectivity index is 2.05. The Morgan fingerprint density at radius 3 is 1.33 bits per heavy atom. The van der Waals surface area contributed by atoms with E-state index in [9.17, 15) is 80.2 Å². The van der Waals surface area contributed by atoms with E-state index < -0.39 is 126 Å². The molecule has 52 heavy (non-hydrogen) atoms. The molecule has 4 rings (SSSR count). The average Bonchev–Trinajstić information content (AvgIpc) is 2.97. The molecule has 0 saturated heterocycles. The van der Waals surface area contributed by atoms with Crippen molar-refractivity contribution >= 4 is 89.8 Å². The summed E-state index contributed by atoms with van der Waals surface area (Å²) in [5.41, 5.74) is -4.42. The number of azo groups is 2. The zero-order valence-electron chi connectivity index (χ0n) is 24.8. The molecule has 0 bridgehead atoms. The second-order valence-corrected chi connectivity index (χ2v) is 16.9. The van der Waals surface area contributed by atoms with E-state index >= 15 is 0 Å². The fourth-order valence-corrected chi connectivity index (χ4v) is 7.44. The molecule has 0 fully saturated rings. The Hall–Kier alpha value is -5.17. The van der Waals surface area contributed by atoms with Crippen LogP contribution in [0.2, 0.25) is 0 Å². The van der Waals surface area contributed by atoms with E-state index in [-0.39, 0.29) is 11.8 Å². The van der Waals surface area contributed by atoms with Crippen molar-refractivity contribution in [2.75, 3.05) is 5.32 Å². The van der Waals surface area contributed by atoms with E-state index in [1.807, 2.05) is 0 Å². The largest absolute Gasteiger partial charge is 0.505 e. The molecule has 0 aromatic heterocycles. The van der Waals surface area contributed by atoms with Crippen LogP contribution in [0.15, 0.2) is 106 Å². The quantitative estimate of drug-likeness (QED) is 0.0590. The highest BCUT2D eigenvalue weighted by Gasteiger charge is 2.29. The van der Waals surface area contributed by atoms with Gasteiger partial charge in [0.15, 0.2) is 17.4 Å². The fourth-order valence-electron chi connectivity index (χ4n) is 4.25. The number of hydrogen-bond acceptors (Lipinski definition) is 18. The number of aliphatic hydroxyl groups excluding tert-OH is 1. The number of aliphatic hydroxyl groups is 1. The maximum Gasteiger partial charge on any atom is 0.296 e. The van der Waals surface area contributed by atoms with Gasteiger partial charge in [-0.3, -0.25) is 22.8 Å². The summed E-state index contributed by atoms with van der Waals surface area (Å²) in [7, 11) is -26.5. The summed E-state index contributed by atoms with van der Waals surface area (Å²) < 4.78 is 168. The number of nitrogens with zero attached hydrogens (tertiary/aromatic N) is 4. The SMILES string of the molecule is C=C(O)Nc1ccc(N=Nc2c(S(=O)(=O)O)cc3cc(S(=O)(=O)O)c(N=Nc4ccc(S(=O)(=O)O)cc4S(=O)(=O)O)c(O)c3c2O)c(S(=O)(=O)O)c1. The van der Waals surface area contributed by atoms with Crippen LogP contribution < -0.4 is 5.32 Å². The second-order valence-electron chi connectivity index (χ2n) is 9.90. The molecule has 0 aliphatic rings. The normalized spacial score (nSPS) is 13.2. The molecule has 9 N–H and O–H groups in total. The molecule has 278 valence electrons. The molecule has 0 unspecified atom stereocenters. The Morgan fingerprint density at radius 1 is 0.538 bits per heavy atom. The van der Waals surface area contributed by atoms with Crippen LogP contribution >= 0.6 is 0 Å². The highest BCUT2D eigenvalue weighted by atomic mass is 32.2. The number of phenolic OH excluding ortho intramolecular Hbond substituents is 2. The van der Waals surface area contributed by atoms with Gasteiger partial charge in [0.25, 0.3) is 50.6 Å². The third-order valence-corrected chi connectivity index (χ3v) is 10.7. The van der Waals surface area contributed by atoms with Crippen molar-refractivity contribution in [3.63, 3.8) is 0 Å². The van der Waals surface area contributed by atoms with E-state index in [0.29, 0.717) is 24.3 Å². The number of hydrogen-bond donors (Lipinski definition) is 9. The molecule has 0 radical (unpaired) electrons. The standard InChI is InChI=1S/C24H19N5O18S5/c1-10(30)25-12-2-4-14(16(8-12)49(36,37)38)26-28-21-18(51(42,43)44)6-11-7-19(52(45,46)47)22(24(32)20(11)23(21)31)29-27-15-5-3-13(48(33,34)35)9-17(15)50(39,40)41/h2-9,25,30-32H,1H2,(H,33,34,35)(H,36,37,38)(H,39,40,41)(H,42,43,44)(H,45,46,47). The van der Waals surface area contributed by atoms with Gasteiger partial charge in [-0.1, -0.05) is 0 Å². The smallest absolute Gasteiger partial charge is 0.296 e. The lowest BCUT2D eigenvalue weighted by atomic mass is 10.1. The van der Waals surface area contributed by atoms with Crippen LogP contribution in [-0.2, 0) is 50.6 Å². The van der Waals surface area contributed by atoms with Gasteiger partial charge in [0.2, 0.25) is 0 Å². The predicted octanol–water partition coefficient (Wildman–Crippen LogP) is 3.76. The molecule has 0 saturated carbocycles. The van der Waals surface area contributed by atoms with E-state index in [0.717, 1.165) is 18.2 Å². The first kappa shape index (κ1) is 39.6. The van der Waals surface area contributed by atoms with Crippen LogP contribution in [0.25, 0.3) is 10.8 Å². The minimum atomic E-state index is -5.50. The monoisotopic (exact) mass is 825 g/mol. The number of anilines is 1. The Labute approximate surface area is 291 Å². The van der Waals surface area contributed by atoms with Gasteiger partial charge in [0.05, 0.1) is 10.3 Å². The summed E-state index contributed by atoms with van der Waals surface area (Å²) in [4.78, 5) is -6.13. The van der Waals surface area contributed by atoms with Gasteiger partial charge in [-0.2, -0.15) is 42.1 Å². The van der Waals surface area contributed by atoms with Crippen LogP contribution in [0, 0.1) is 0 Å². The topological polar surface area (TPSA) is 394 Å². The number of rotatable bonds is 11. The van der Waals surface area contributed by atoms with Crippen molar-refractivity contribution in [1.82, 2.24) is 0 Å². The molecular formula is C24H19N5O18S5. The van der Waals surface area contributed by atoms with Crippen LogP contribution in [0.3, 0.4) is 0 Å². The molecule has 4 aromatic carbocycles. The van der Waals surface area contributed by atoms with Crippen LogP contribution in [0.4, 0.5) is 28.4 Å². The first-order valence-electron chi connectivity index (χ1n) is 12.8. The summed E-state index contributed by atoms with van der Waals surface area (Å²) in [5, 5.41) is 45.6. The van der Waals surface area contributed by atoms with Gasteiger partial charge in [-0.05, 0) is 60.5 Å². The maximum atomic E-state index is 12.3. The second kappa shape index (κ2) is 13.4. The van der Waals surface area contributed by atoms with Crippen molar-refractivity contribution in [3.8, 4) is 11.5 Å². The zero-order valence-corrected chi connectivity index (χ0v) is 28.9. The third kappa shape index (κ3) is 8.47. The lowest BCUT2D eigenvalue weighted by Gasteiger charge is -2.13. The minimum absolute atomic E-state index is 0.161. The summed E-state index contributed by atoms with van der Waals surface area (Å²) in [6.45, 7) is 3.13. The van der Waals surface area contributed by atoms with Crippen LogP contribution in [-0.4, -0.2) is 80.2 Å². The van der Waals surface area contributed by atoms with E-state index in [1.54, 1.807) is 0 Å². The van der Waals surface area contributed by atoms with Crippen molar-refractivity contribution in [2.24, 2.45) is 20.5 Å². The number of nitrogens with one attached hydrogen (secondary N) is 1. The van der Waals surface area contributed by atoms with Crippen molar-refractivity contribution in [1.29, 1.82) is 0 Å². The fraction of sp³-hybridized carbons (Fsp3) is 0. The maximum absolute atomic E-state index is 12.3. The van der Waals surface area contributed by atoms with Gasteiger partial charge in [-0.15, -0.1) is 20.5 Å². The summed E-state index contributed by atoms with van der Waals surface area (Å²) >= 11 is 0. The first-order valence-corrected chi connectivity index (χ1v) is 20.0. The van der Waals surface area contributed by atoms with Gasteiger partial charge in [0, 0.05) is 5.69 Å². The third-order valence-electron chi connectivity index (χ3n) is 6.36. The van der Waals surface area contributed by atoms with Gasteiger partial charge < -0.3 is 20.6 Å². The van der Waals surface area contributed by atoms with Gasteiger partial charge >= 0.3 is 0 Å². The highest BCUT2D eigenvalue weighted by molar-refractivity contribution is 7.87. The Morgan fingerprint density at radius 2 is 0.942 bits per heavy atom. The molecule has 0 amide bonds. The summed E-state index contributed by atoms with van der Waals surface area (Å²) in [6, 6.07) is 4.79. The molecule has 0 aliphatic heterocycles. The lowest BCUT2D eigenvalue weighted by molar-refractivity contribution is 0.422. The van der Waals surface area contributed by atoms with Crippen LogP contribution in [0.5, 0.6) is 11.5 Å². The molecule has 28 heteroatoms. The molecule has 0 aliphatic carbocycles. The average molecular weight is 826 g/mol. The van der Waals surface area contributed by atoms with Crippen molar-refractivity contribution in [2.45, 2.75) is 24.5 Å². The number of fused-ring (bicyclic) bond motifs is 1. The first-order chi connectivity index (χ1) is 23.6. The lowest BCUT2D eigenvalue weighted by Crippen LogP contribution is -2.03. The predicted molar refractivity (Wildman–Crippen MR) is 173 cm³/mol. The Kier molecular flexibility index (Phi) is 10.2. The molecule has 0 spiro atoms. The molecule has 23 nitrogen and oxygen atoms in total.